The minimum absolute atomic E-state index is 0.323. The second-order valence-electron chi connectivity index (χ2n) is 1.86. The van der Waals surface area contributed by atoms with E-state index in [9.17, 15) is 0 Å². The van der Waals surface area contributed by atoms with E-state index in [2.05, 4.69) is 23.4 Å². The van der Waals surface area contributed by atoms with Crippen molar-refractivity contribution in [3.63, 3.8) is 0 Å². The van der Waals surface area contributed by atoms with Gasteiger partial charge in [-0.2, -0.15) is 0 Å². The van der Waals surface area contributed by atoms with E-state index in [0.717, 1.165) is 13.1 Å². The van der Waals surface area contributed by atoms with Gasteiger partial charge in [0.1, 0.15) is 0 Å². The third kappa shape index (κ3) is 1.11. The summed E-state index contributed by atoms with van der Waals surface area (Å²) in [6, 6.07) is 0. The highest BCUT2D eigenvalue weighted by Gasteiger charge is 2.00. The average Bonchev–Trinajstić information content (AvgIpc) is 1.90. The summed E-state index contributed by atoms with van der Waals surface area (Å²) < 4.78 is 0. The van der Waals surface area contributed by atoms with Gasteiger partial charge in [0.2, 0.25) is 0 Å². The lowest BCUT2D eigenvalue weighted by Gasteiger charge is -2.10. The molecule has 42 valence electrons. The van der Waals surface area contributed by atoms with Crippen molar-refractivity contribution >= 4 is 0 Å². The first-order valence-electron chi connectivity index (χ1n) is 2.77. The Bertz CT molecular complexity index is 130. The molecule has 1 rings (SSSR count). The van der Waals surface area contributed by atoms with Crippen molar-refractivity contribution in [3.8, 4) is 12.3 Å². The van der Waals surface area contributed by atoms with E-state index in [0.29, 0.717) is 5.92 Å². The molecule has 1 unspecified atom stereocenters. The molecular formula is C7H9N. The predicted octanol–water partition coefficient (Wildman–Crippen LogP) is 0.395. The smallest absolute Gasteiger partial charge is 0.0505 e. The van der Waals surface area contributed by atoms with Gasteiger partial charge in [-0.25, -0.2) is 0 Å². The predicted molar refractivity (Wildman–Crippen MR) is 34.3 cm³/mol. The zero-order valence-corrected chi connectivity index (χ0v) is 4.72. The van der Waals surface area contributed by atoms with Gasteiger partial charge in [0, 0.05) is 13.1 Å². The van der Waals surface area contributed by atoms with Crippen LogP contribution < -0.4 is 5.32 Å². The third-order valence-corrected chi connectivity index (χ3v) is 1.21. The molecule has 1 N–H and O–H groups in total. The van der Waals surface area contributed by atoms with Crippen LogP contribution in [0.1, 0.15) is 0 Å². The summed E-state index contributed by atoms with van der Waals surface area (Å²) in [4.78, 5) is 0. The van der Waals surface area contributed by atoms with Crippen molar-refractivity contribution < 1.29 is 0 Å². The molecule has 1 nitrogen and oxygen atoms in total. The lowest BCUT2D eigenvalue weighted by Crippen LogP contribution is -2.24. The van der Waals surface area contributed by atoms with Crippen molar-refractivity contribution in [1.29, 1.82) is 0 Å². The van der Waals surface area contributed by atoms with Crippen LogP contribution in [0.3, 0.4) is 0 Å². The fourth-order valence-electron chi connectivity index (χ4n) is 0.737. The average molecular weight is 107 g/mol. The standard InChI is InChI=1S/C7H9N/c1-2-7-4-3-5-8-6-7/h1,3-4,7-8H,5-6H2. The van der Waals surface area contributed by atoms with Crippen LogP contribution in [0.5, 0.6) is 0 Å². The highest BCUT2D eigenvalue weighted by Crippen LogP contribution is 1.97. The second kappa shape index (κ2) is 2.54. The Morgan fingerprint density at radius 1 is 1.75 bits per heavy atom. The van der Waals surface area contributed by atoms with Crippen LogP contribution in [0, 0.1) is 18.3 Å². The summed E-state index contributed by atoms with van der Waals surface area (Å²) in [5.74, 6) is 2.98. The van der Waals surface area contributed by atoms with Gasteiger partial charge in [0.15, 0.2) is 0 Å². The van der Waals surface area contributed by atoms with Crippen molar-refractivity contribution in [1.82, 2.24) is 5.32 Å². The van der Waals surface area contributed by atoms with Gasteiger partial charge < -0.3 is 5.32 Å². The van der Waals surface area contributed by atoms with E-state index in [4.69, 9.17) is 6.42 Å². The van der Waals surface area contributed by atoms with E-state index in [1.807, 2.05) is 0 Å². The van der Waals surface area contributed by atoms with Crippen molar-refractivity contribution in [2.24, 2.45) is 5.92 Å². The zero-order valence-electron chi connectivity index (χ0n) is 4.72. The number of nitrogens with one attached hydrogen (secondary N) is 1. The molecule has 0 bridgehead atoms. The quantitative estimate of drug-likeness (QED) is 0.349. The van der Waals surface area contributed by atoms with Crippen LogP contribution in [0.15, 0.2) is 12.2 Å². The Morgan fingerprint density at radius 2 is 2.62 bits per heavy atom. The normalized spacial score (nSPS) is 27.1. The highest BCUT2D eigenvalue weighted by molar-refractivity contribution is 5.09. The van der Waals surface area contributed by atoms with Crippen molar-refractivity contribution in [2.75, 3.05) is 13.1 Å². The molecule has 1 atom stereocenters. The molecule has 0 aromatic carbocycles. The Hall–Kier alpha value is -0.740. The topological polar surface area (TPSA) is 12.0 Å². The molecule has 0 radical (unpaired) electrons. The molecule has 0 amide bonds. The molecule has 0 saturated heterocycles. The Morgan fingerprint density at radius 3 is 3.00 bits per heavy atom. The summed E-state index contributed by atoms with van der Waals surface area (Å²) in [6.07, 6.45) is 9.29. The molecule has 1 heterocycles. The van der Waals surface area contributed by atoms with Crippen molar-refractivity contribution in [2.45, 2.75) is 0 Å². The molecule has 1 aliphatic rings. The fraction of sp³-hybridized carbons (Fsp3) is 0.429. The lowest BCUT2D eigenvalue weighted by molar-refractivity contribution is 0.655. The maximum absolute atomic E-state index is 5.16. The second-order valence-corrected chi connectivity index (χ2v) is 1.86. The Labute approximate surface area is 49.8 Å². The summed E-state index contributed by atoms with van der Waals surface area (Å²) >= 11 is 0. The first-order valence-corrected chi connectivity index (χ1v) is 2.77. The summed E-state index contributed by atoms with van der Waals surface area (Å²) in [7, 11) is 0. The lowest BCUT2D eigenvalue weighted by atomic mass is 10.1. The van der Waals surface area contributed by atoms with Crippen LogP contribution in [0.2, 0.25) is 0 Å². The largest absolute Gasteiger partial charge is 0.312 e. The van der Waals surface area contributed by atoms with E-state index in [-0.39, 0.29) is 0 Å². The first kappa shape index (κ1) is 5.40. The Kier molecular flexibility index (Phi) is 1.71. The fourth-order valence-corrected chi connectivity index (χ4v) is 0.737. The number of hydrogen-bond acceptors (Lipinski definition) is 1. The van der Waals surface area contributed by atoms with Gasteiger partial charge in [-0.1, -0.05) is 18.1 Å². The zero-order chi connectivity index (χ0) is 5.82. The van der Waals surface area contributed by atoms with Gasteiger partial charge in [0.05, 0.1) is 5.92 Å². The molecular weight excluding hydrogens is 98.1 g/mol. The third-order valence-electron chi connectivity index (χ3n) is 1.21. The minimum Gasteiger partial charge on any atom is -0.312 e. The SMILES string of the molecule is C#CC1C=CCNC1. The van der Waals surface area contributed by atoms with E-state index in [1.54, 1.807) is 0 Å². The van der Waals surface area contributed by atoms with Crippen LogP contribution in [-0.2, 0) is 0 Å². The number of rotatable bonds is 0. The maximum atomic E-state index is 5.16. The maximum Gasteiger partial charge on any atom is 0.0505 e. The molecule has 0 fully saturated rings. The molecule has 0 saturated carbocycles. The summed E-state index contributed by atoms with van der Waals surface area (Å²) in [6.45, 7) is 1.91. The van der Waals surface area contributed by atoms with Crippen LogP contribution in [-0.4, -0.2) is 13.1 Å². The van der Waals surface area contributed by atoms with Crippen molar-refractivity contribution in [3.05, 3.63) is 12.2 Å². The molecule has 0 aromatic rings. The van der Waals surface area contributed by atoms with E-state index in [1.165, 1.54) is 0 Å². The minimum atomic E-state index is 0.323. The van der Waals surface area contributed by atoms with Gasteiger partial charge in [-0.3, -0.25) is 0 Å². The summed E-state index contributed by atoms with van der Waals surface area (Å²) in [5, 5.41) is 3.16. The molecule has 0 aromatic heterocycles. The monoisotopic (exact) mass is 107 g/mol. The van der Waals surface area contributed by atoms with Gasteiger partial charge >= 0.3 is 0 Å². The molecule has 1 heteroatoms. The van der Waals surface area contributed by atoms with Gasteiger partial charge in [0.25, 0.3) is 0 Å². The Balaban J connectivity index is 2.46. The number of hydrogen-bond donors (Lipinski definition) is 1. The van der Waals surface area contributed by atoms with Crippen LogP contribution >= 0.6 is 0 Å². The molecule has 1 aliphatic heterocycles. The van der Waals surface area contributed by atoms with E-state index >= 15 is 0 Å². The molecule has 8 heavy (non-hydrogen) atoms. The molecule has 0 aliphatic carbocycles. The van der Waals surface area contributed by atoms with Gasteiger partial charge in [-0.15, -0.1) is 6.42 Å². The highest BCUT2D eigenvalue weighted by atomic mass is 14.9. The first-order chi connectivity index (χ1) is 3.93. The van der Waals surface area contributed by atoms with Crippen LogP contribution in [0.4, 0.5) is 0 Å². The molecule has 0 spiro atoms. The number of terminal acetylenes is 1. The van der Waals surface area contributed by atoms with Crippen LogP contribution in [0.25, 0.3) is 0 Å². The van der Waals surface area contributed by atoms with E-state index < -0.39 is 0 Å². The summed E-state index contributed by atoms with van der Waals surface area (Å²) in [5.41, 5.74) is 0. The van der Waals surface area contributed by atoms with Gasteiger partial charge in [-0.05, 0) is 0 Å².